The summed E-state index contributed by atoms with van der Waals surface area (Å²) in [6.07, 6.45) is 0.953. The quantitative estimate of drug-likeness (QED) is 0.793. The Labute approximate surface area is 95.3 Å². The minimum absolute atomic E-state index is 0.624. The molecule has 2 rings (SSSR count). The van der Waals surface area contributed by atoms with E-state index in [9.17, 15) is 4.79 Å². The van der Waals surface area contributed by atoms with Crippen LogP contribution in [-0.2, 0) is 10.3 Å². The Morgan fingerprint density at radius 1 is 1.12 bits per heavy atom. The van der Waals surface area contributed by atoms with Gasteiger partial charge in [-0.05, 0) is 30.3 Å². The van der Waals surface area contributed by atoms with Crippen molar-refractivity contribution in [2.75, 3.05) is 7.05 Å². The molecule has 2 aromatic rings. The van der Waals surface area contributed by atoms with Crippen molar-refractivity contribution in [3.63, 3.8) is 0 Å². The van der Waals surface area contributed by atoms with Crippen LogP contribution in [0.1, 0.15) is 12.5 Å². The van der Waals surface area contributed by atoms with Crippen molar-refractivity contribution in [1.82, 2.24) is 5.32 Å². The number of hydrogen-bond donors (Lipinski definition) is 1. The van der Waals surface area contributed by atoms with Gasteiger partial charge < -0.3 is 10.1 Å². The number of carbonyl (C=O) groups is 1. The molecule has 0 aliphatic rings. The summed E-state index contributed by atoms with van der Waals surface area (Å²) < 4.78 is 0. The molecule has 16 heavy (non-hydrogen) atoms. The fourth-order valence-electron chi connectivity index (χ4n) is 1.94. The van der Waals surface area contributed by atoms with Gasteiger partial charge in [0.25, 0.3) is 0 Å². The third kappa shape index (κ3) is 1.61. The summed E-state index contributed by atoms with van der Waals surface area (Å²) in [6.45, 7) is 1.89. The molecule has 0 heterocycles. The molecule has 0 aromatic heterocycles. The molecule has 0 radical (unpaired) electrons. The third-order valence-corrected chi connectivity index (χ3v) is 3.10. The van der Waals surface area contributed by atoms with Gasteiger partial charge in [0.1, 0.15) is 6.29 Å². The van der Waals surface area contributed by atoms with E-state index in [1.54, 1.807) is 7.05 Å². The Kier molecular flexibility index (Phi) is 2.75. The first kappa shape index (κ1) is 10.8. The molecule has 0 saturated carbocycles. The van der Waals surface area contributed by atoms with Crippen LogP contribution in [0.2, 0.25) is 0 Å². The summed E-state index contributed by atoms with van der Waals surface area (Å²) in [4.78, 5) is 11.2. The monoisotopic (exact) mass is 213 g/mol. The smallest absolute Gasteiger partial charge is 0.144 e. The number of nitrogens with one attached hydrogen (secondary N) is 1. The second-order valence-corrected chi connectivity index (χ2v) is 4.10. The molecular formula is C14H15NO. The highest BCUT2D eigenvalue weighted by molar-refractivity contribution is 5.89. The Balaban J connectivity index is 2.73. The van der Waals surface area contributed by atoms with Crippen LogP contribution in [-0.4, -0.2) is 13.3 Å². The maximum absolute atomic E-state index is 11.2. The first-order valence-electron chi connectivity index (χ1n) is 5.35. The third-order valence-electron chi connectivity index (χ3n) is 3.10. The number of likely N-dealkylation sites (N-methyl/N-ethyl adjacent to an activating group) is 1. The van der Waals surface area contributed by atoms with Gasteiger partial charge in [0.05, 0.1) is 5.54 Å². The molecule has 0 saturated heterocycles. The van der Waals surface area contributed by atoms with Gasteiger partial charge in [-0.1, -0.05) is 42.5 Å². The van der Waals surface area contributed by atoms with Gasteiger partial charge in [0.15, 0.2) is 0 Å². The van der Waals surface area contributed by atoms with E-state index < -0.39 is 5.54 Å². The standard InChI is InChI=1S/C14H15NO/c1-14(10-16,15-2)13-9-5-7-11-6-3-4-8-12(11)13/h3-10,15H,1-2H3/t14-/m1/s1. The molecule has 0 amide bonds. The van der Waals surface area contributed by atoms with Gasteiger partial charge in [-0.25, -0.2) is 0 Å². The van der Waals surface area contributed by atoms with Crippen molar-refractivity contribution in [2.45, 2.75) is 12.5 Å². The summed E-state index contributed by atoms with van der Waals surface area (Å²) in [5.41, 5.74) is 0.393. The van der Waals surface area contributed by atoms with E-state index in [4.69, 9.17) is 0 Å². The molecule has 0 aliphatic heterocycles. The van der Waals surface area contributed by atoms with Crippen LogP contribution in [0.15, 0.2) is 42.5 Å². The molecule has 1 N–H and O–H groups in total. The van der Waals surface area contributed by atoms with Crippen LogP contribution in [0.25, 0.3) is 10.8 Å². The average molecular weight is 213 g/mol. The maximum atomic E-state index is 11.2. The van der Waals surface area contributed by atoms with Gasteiger partial charge >= 0.3 is 0 Å². The van der Waals surface area contributed by atoms with Crippen LogP contribution >= 0.6 is 0 Å². The van der Waals surface area contributed by atoms with Crippen molar-refractivity contribution >= 4 is 17.1 Å². The molecule has 2 nitrogen and oxygen atoms in total. The Morgan fingerprint density at radius 2 is 1.81 bits per heavy atom. The zero-order valence-electron chi connectivity index (χ0n) is 9.53. The minimum atomic E-state index is -0.624. The predicted molar refractivity (Wildman–Crippen MR) is 66.4 cm³/mol. The molecule has 0 bridgehead atoms. The zero-order chi connectivity index (χ0) is 11.6. The van der Waals surface area contributed by atoms with Gasteiger partial charge in [-0.3, -0.25) is 0 Å². The first-order chi connectivity index (χ1) is 7.71. The molecular weight excluding hydrogens is 198 g/mol. The lowest BCUT2D eigenvalue weighted by molar-refractivity contribution is -0.112. The van der Waals surface area contributed by atoms with Crippen molar-refractivity contribution in [2.24, 2.45) is 0 Å². The molecule has 0 aliphatic carbocycles. The lowest BCUT2D eigenvalue weighted by atomic mass is 9.89. The Morgan fingerprint density at radius 3 is 2.50 bits per heavy atom. The van der Waals surface area contributed by atoms with E-state index in [-0.39, 0.29) is 0 Å². The van der Waals surface area contributed by atoms with Gasteiger partial charge in [0.2, 0.25) is 0 Å². The Bertz CT molecular complexity index is 516. The van der Waals surface area contributed by atoms with E-state index in [1.165, 1.54) is 0 Å². The molecule has 2 heteroatoms. The van der Waals surface area contributed by atoms with Crippen LogP contribution in [0, 0.1) is 0 Å². The summed E-state index contributed by atoms with van der Waals surface area (Å²) in [7, 11) is 1.80. The van der Waals surface area contributed by atoms with Gasteiger partial charge in [-0.2, -0.15) is 0 Å². The lowest BCUT2D eigenvalue weighted by Gasteiger charge is -2.24. The van der Waals surface area contributed by atoms with Crippen molar-refractivity contribution < 1.29 is 4.79 Å². The fraction of sp³-hybridized carbons (Fsp3) is 0.214. The summed E-state index contributed by atoms with van der Waals surface area (Å²) in [5.74, 6) is 0. The first-order valence-corrected chi connectivity index (χ1v) is 5.35. The van der Waals surface area contributed by atoms with Gasteiger partial charge in [0, 0.05) is 0 Å². The maximum Gasteiger partial charge on any atom is 0.144 e. The second kappa shape index (κ2) is 4.06. The molecule has 0 unspecified atom stereocenters. The Hall–Kier alpha value is -1.67. The SMILES string of the molecule is CN[C@](C)(C=O)c1cccc2ccccc12. The van der Waals surface area contributed by atoms with Crippen molar-refractivity contribution in [3.05, 3.63) is 48.0 Å². The minimum Gasteiger partial charge on any atom is -0.305 e. The zero-order valence-corrected chi connectivity index (χ0v) is 9.53. The summed E-state index contributed by atoms with van der Waals surface area (Å²) in [6, 6.07) is 14.1. The van der Waals surface area contributed by atoms with E-state index in [0.29, 0.717) is 0 Å². The van der Waals surface area contributed by atoms with Crippen LogP contribution in [0.4, 0.5) is 0 Å². The predicted octanol–water partition coefficient (Wildman–Crippen LogP) is 2.47. The number of fused-ring (bicyclic) bond motifs is 1. The largest absolute Gasteiger partial charge is 0.305 e. The van der Waals surface area contributed by atoms with Gasteiger partial charge in [-0.15, -0.1) is 0 Å². The van der Waals surface area contributed by atoms with Crippen molar-refractivity contribution in [3.8, 4) is 0 Å². The molecule has 0 spiro atoms. The van der Waals surface area contributed by atoms with E-state index in [0.717, 1.165) is 22.6 Å². The molecule has 2 aromatic carbocycles. The van der Waals surface area contributed by atoms with E-state index in [2.05, 4.69) is 17.4 Å². The molecule has 82 valence electrons. The second-order valence-electron chi connectivity index (χ2n) is 4.10. The number of aldehydes is 1. The molecule has 0 fully saturated rings. The average Bonchev–Trinajstić information content (AvgIpc) is 2.37. The number of hydrogen-bond acceptors (Lipinski definition) is 2. The topological polar surface area (TPSA) is 29.1 Å². The fourth-order valence-corrected chi connectivity index (χ4v) is 1.94. The van der Waals surface area contributed by atoms with Crippen LogP contribution in [0.3, 0.4) is 0 Å². The van der Waals surface area contributed by atoms with Crippen LogP contribution in [0.5, 0.6) is 0 Å². The van der Waals surface area contributed by atoms with Crippen molar-refractivity contribution in [1.29, 1.82) is 0 Å². The molecule has 1 atom stereocenters. The highest BCUT2D eigenvalue weighted by Gasteiger charge is 2.25. The summed E-state index contributed by atoms with van der Waals surface area (Å²) >= 11 is 0. The summed E-state index contributed by atoms with van der Waals surface area (Å²) in [5, 5.41) is 5.34. The number of benzene rings is 2. The lowest BCUT2D eigenvalue weighted by Crippen LogP contribution is -2.38. The van der Waals surface area contributed by atoms with Crippen LogP contribution < -0.4 is 5.32 Å². The highest BCUT2D eigenvalue weighted by Crippen LogP contribution is 2.26. The van der Waals surface area contributed by atoms with E-state index in [1.807, 2.05) is 37.3 Å². The highest BCUT2D eigenvalue weighted by atomic mass is 16.1. The number of rotatable bonds is 3. The van der Waals surface area contributed by atoms with E-state index >= 15 is 0 Å². The normalized spacial score (nSPS) is 14.6. The number of carbonyl (C=O) groups excluding carboxylic acids is 1.